The zero-order valence-electron chi connectivity index (χ0n) is 8.01. The zero-order valence-corrected chi connectivity index (χ0v) is 9.01. The maximum atomic E-state index is 12.6. The van der Waals surface area contributed by atoms with Gasteiger partial charge in [0.2, 0.25) is 0 Å². The maximum absolute atomic E-state index is 12.6. The summed E-state index contributed by atoms with van der Waals surface area (Å²) in [5.74, 6) is 0. The molecule has 0 aromatic heterocycles. The van der Waals surface area contributed by atoms with Gasteiger partial charge in [-0.3, -0.25) is 5.41 Å². The van der Waals surface area contributed by atoms with E-state index in [-0.39, 0.29) is 5.56 Å². The first-order chi connectivity index (χ1) is 7.40. The van der Waals surface area contributed by atoms with Crippen LogP contribution in [0.4, 0.5) is 13.2 Å². The fourth-order valence-electron chi connectivity index (χ4n) is 1.22. The van der Waals surface area contributed by atoms with E-state index in [2.05, 4.69) is 0 Å². The van der Waals surface area contributed by atoms with Crippen LogP contribution in [0, 0.1) is 5.41 Å². The van der Waals surface area contributed by atoms with Gasteiger partial charge >= 0.3 is 6.18 Å². The molecule has 0 aliphatic heterocycles. The van der Waals surface area contributed by atoms with Crippen LogP contribution in [0.25, 0.3) is 0 Å². The molecular weight excluding hydrogens is 243 g/mol. The molecular formula is C9H10F3NO2S. The van der Waals surface area contributed by atoms with Crippen LogP contribution in [-0.4, -0.2) is 15.2 Å². The second-order valence-corrected chi connectivity index (χ2v) is 4.60. The summed E-state index contributed by atoms with van der Waals surface area (Å²) >= 11 is -2.85. The van der Waals surface area contributed by atoms with Gasteiger partial charge in [-0.15, -0.1) is 0 Å². The topological polar surface area (TPSA) is 67.1 Å². The van der Waals surface area contributed by atoms with Gasteiger partial charge in [-0.25, -0.2) is 11.2 Å². The summed E-state index contributed by atoms with van der Waals surface area (Å²) in [4.78, 5) is -0.398. The Kier molecular flexibility index (Phi) is 3.95. The number of hydrogen-bond donors (Lipinski definition) is 2. The highest BCUT2D eigenvalue weighted by atomic mass is 32.2. The molecule has 0 heterocycles. The van der Waals surface area contributed by atoms with Crippen LogP contribution in [0.3, 0.4) is 0 Å². The molecule has 90 valence electrons. The predicted molar refractivity (Wildman–Crippen MR) is 55.3 cm³/mol. The molecule has 0 bridgehead atoms. The van der Waals surface area contributed by atoms with Crippen LogP contribution in [-0.2, 0) is 24.0 Å². The van der Waals surface area contributed by atoms with Gasteiger partial charge in [-0.1, -0.05) is 6.07 Å². The molecule has 16 heavy (non-hydrogen) atoms. The number of hydrogen-bond acceptors (Lipinski definition) is 3. The van der Waals surface area contributed by atoms with Gasteiger partial charge in [0.15, 0.2) is 0 Å². The van der Waals surface area contributed by atoms with Crippen LogP contribution >= 0.6 is 0 Å². The van der Waals surface area contributed by atoms with Gasteiger partial charge in [0, 0.05) is 0 Å². The third-order valence-electron chi connectivity index (χ3n) is 1.97. The number of benzene rings is 1. The van der Waals surface area contributed by atoms with Gasteiger partial charge in [0.25, 0.3) is 0 Å². The SMILES string of the molecule is N=C[SH2+]([O-])c1ccc(CO)cc1C(F)(F)F. The number of rotatable bonds is 3. The summed E-state index contributed by atoms with van der Waals surface area (Å²) in [6.45, 7) is -0.519. The fourth-order valence-corrected chi connectivity index (χ4v) is 2.10. The number of aliphatic hydroxyl groups is 1. The zero-order chi connectivity index (χ0) is 12.3. The van der Waals surface area contributed by atoms with Crippen molar-refractivity contribution < 1.29 is 22.8 Å². The second kappa shape index (κ2) is 4.86. The van der Waals surface area contributed by atoms with E-state index < -0.39 is 34.4 Å². The van der Waals surface area contributed by atoms with Gasteiger partial charge < -0.3 is 9.66 Å². The van der Waals surface area contributed by atoms with Gasteiger partial charge in [0.05, 0.1) is 11.5 Å². The minimum Gasteiger partial charge on any atom is -0.679 e. The first-order valence-corrected chi connectivity index (χ1v) is 5.74. The van der Waals surface area contributed by atoms with E-state index >= 15 is 0 Å². The standard InChI is InChI=1S/C9H10F3NO2S/c10-9(11,12)7-3-6(4-14)1-2-8(7)16(15)5-13/h1-3,5,13-14H,4,16H2. The van der Waals surface area contributed by atoms with Crippen molar-refractivity contribution in [3.8, 4) is 0 Å². The molecule has 0 unspecified atom stereocenters. The van der Waals surface area contributed by atoms with Crippen LogP contribution in [0.15, 0.2) is 23.1 Å². The van der Waals surface area contributed by atoms with Crippen molar-refractivity contribution in [2.24, 2.45) is 0 Å². The minimum absolute atomic E-state index is 0.0934. The minimum atomic E-state index is -4.64. The molecule has 0 amide bonds. The highest BCUT2D eigenvalue weighted by Crippen LogP contribution is 2.34. The molecule has 1 aromatic carbocycles. The maximum Gasteiger partial charge on any atom is 0.420 e. The lowest BCUT2D eigenvalue weighted by Gasteiger charge is -2.20. The Morgan fingerprint density at radius 1 is 1.44 bits per heavy atom. The Morgan fingerprint density at radius 2 is 2.06 bits per heavy atom. The summed E-state index contributed by atoms with van der Waals surface area (Å²) in [7, 11) is 0. The van der Waals surface area contributed by atoms with E-state index in [1.54, 1.807) is 0 Å². The molecule has 0 spiro atoms. The Morgan fingerprint density at radius 3 is 2.50 bits per heavy atom. The fraction of sp³-hybridized carbons (Fsp3) is 0.222. The normalized spacial score (nSPS) is 12.4. The summed E-state index contributed by atoms with van der Waals surface area (Å²) < 4.78 is 49.0. The van der Waals surface area contributed by atoms with Crippen molar-refractivity contribution in [1.29, 1.82) is 5.41 Å². The van der Waals surface area contributed by atoms with E-state index in [0.717, 1.165) is 12.1 Å². The number of nitrogens with one attached hydrogen (secondary N) is 1. The molecule has 7 heteroatoms. The van der Waals surface area contributed by atoms with E-state index in [1.165, 1.54) is 6.07 Å². The van der Waals surface area contributed by atoms with Crippen molar-refractivity contribution in [2.75, 3.05) is 0 Å². The molecule has 0 aliphatic rings. The number of alkyl halides is 3. The van der Waals surface area contributed by atoms with E-state index in [4.69, 9.17) is 10.5 Å². The molecule has 0 fully saturated rings. The summed E-state index contributed by atoms with van der Waals surface area (Å²) in [6, 6.07) is 3.05. The lowest BCUT2D eigenvalue weighted by molar-refractivity contribution is -0.139. The van der Waals surface area contributed by atoms with E-state index in [1.807, 2.05) is 0 Å². The molecule has 1 aromatic rings. The van der Waals surface area contributed by atoms with E-state index in [9.17, 15) is 17.7 Å². The molecule has 0 radical (unpaired) electrons. The first kappa shape index (κ1) is 13.0. The van der Waals surface area contributed by atoms with Crippen molar-refractivity contribution in [3.05, 3.63) is 29.3 Å². The average molecular weight is 253 g/mol. The number of halogens is 3. The molecule has 0 atom stereocenters. The third kappa shape index (κ3) is 2.75. The number of aliphatic hydroxyl groups excluding tert-OH is 1. The summed E-state index contributed by atoms with van der Waals surface area (Å²) in [5.41, 5.74) is -0.448. The molecule has 0 saturated carbocycles. The highest BCUT2D eigenvalue weighted by molar-refractivity contribution is 8.04. The van der Waals surface area contributed by atoms with Gasteiger partial charge in [-0.2, -0.15) is 13.2 Å². The van der Waals surface area contributed by atoms with Gasteiger partial charge in [-0.05, 0) is 17.7 Å². The van der Waals surface area contributed by atoms with Crippen LogP contribution < -0.4 is 0 Å². The quantitative estimate of drug-likeness (QED) is 0.485. The van der Waals surface area contributed by atoms with Crippen molar-refractivity contribution in [2.45, 2.75) is 17.7 Å². The average Bonchev–Trinajstić information content (AvgIpc) is 2.26. The van der Waals surface area contributed by atoms with Crippen molar-refractivity contribution in [3.63, 3.8) is 0 Å². The highest BCUT2D eigenvalue weighted by Gasteiger charge is 2.35. The lowest BCUT2D eigenvalue weighted by atomic mass is 10.1. The first-order valence-electron chi connectivity index (χ1n) is 4.26. The van der Waals surface area contributed by atoms with E-state index in [0.29, 0.717) is 5.55 Å². The van der Waals surface area contributed by atoms with Crippen LogP contribution in [0.5, 0.6) is 0 Å². The molecule has 3 nitrogen and oxygen atoms in total. The Labute approximate surface area is 92.6 Å². The third-order valence-corrected chi connectivity index (χ3v) is 3.20. The smallest absolute Gasteiger partial charge is 0.420 e. The Hall–Kier alpha value is -1.05. The molecule has 2 N–H and O–H groups in total. The molecule has 1 rings (SSSR count). The lowest BCUT2D eigenvalue weighted by Crippen LogP contribution is -2.14. The van der Waals surface area contributed by atoms with Gasteiger partial charge in [0.1, 0.15) is 11.1 Å². The van der Waals surface area contributed by atoms with Crippen LogP contribution in [0.1, 0.15) is 11.1 Å². The molecule has 0 aliphatic carbocycles. The van der Waals surface area contributed by atoms with Crippen molar-refractivity contribution in [1.82, 2.24) is 0 Å². The Bertz CT molecular complexity index is 395. The summed E-state index contributed by atoms with van der Waals surface area (Å²) in [6.07, 6.45) is -4.64. The monoisotopic (exact) mass is 253 g/mol. The van der Waals surface area contributed by atoms with Crippen molar-refractivity contribution >= 4 is 16.7 Å². The largest absolute Gasteiger partial charge is 0.679 e. The van der Waals surface area contributed by atoms with Crippen LogP contribution in [0.2, 0.25) is 0 Å². The Balaban J connectivity index is 3.33. The molecule has 0 saturated heterocycles. The second-order valence-electron chi connectivity index (χ2n) is 3.04. The summed E-state index contributed by atoms with van der Waals surface area (Å²) in [5, 5.41) is 15.5. The predicted octanol–water partition coefficient (Wildman–Crippen LogP) is 1.38.